The number of hydrogen-bond donors (Lipinski definition) is 1. The number of nitrogens with zero attached hydrogens (tertiary/aromatic N) is 3. The second-order valence-electron chi connectivity index (χ2n) is 6.65. The summed E-state index contributed by atoms with van der Waals surface area (Å²) in [6.45, 7) is 8.67. The predicted molar refractivity (Wildman–Crippen MR) is 84.7 cm³/mol. The molecule has 1 N–H and O–H groups in total. The van der Waals surface area contributed by atoms with Crippen LogP contribution >= 0.6 is 11.3 Å². The van der Waals surface area contributed by atoms with Gasteiger partial charge in [0.15, 0.2) is 0 Å². The highest BCUT2D eigenvalue weighted by molar-refractivity contribution is 7.11. The molecule has 0 bridgehead atoms. The molecule has 2 aliphatic heterocycles. The smallest absolute Gasteiger partial charge is 0.313 e. The molecule has 1 aromatic rings. The summed E-state index contributed by atoms with van der Waals surface area (Å²) in [5.41, 5.74) is -0.375. The molecule has 0 saturated carbocycles. The number of rotatable bonds is 5. The number of carbonyl (C=O) groups is 1. The molecule has 1 unspecified atom stereocenters. The van der Waals surface area contributed by atoms with Crippen LogP contribution in [0.2, 0.25) is 0 Å². The van der Waals surface area contributed by atoms with Gasteiger partial charge < -0.3 is 10.1 Å². The molecule has 0 radical (unpaired) electrons. The van der Waals surface area contributed by atoms with E-state index in [4.69, 9.17) is 4.74 Å². The standard InChI is InChI=1S/C15H24N4O2S/c1-10(2)15(14(20)21-3)4-5-19(9-15)8-12-17-18-13(22-12)11-6-16-7-11/h10-11,16H,4-9H2,1-3H3. The molecule has 1 atom stereocenters. The number of nitrogens with one attached hydrogen (secondary N) is 1. The van der Waals surface area contributed by atoms with Crippen molar-refractivity contribution in [2.75, 3.05) is 33.3 Å². The molecule has 0 amide bonds. The van der Waals surface area contributed by atoms with Crippen LogP contribution in [-0.2, 0) is 16.1 Å². The van der Waals surface area contributed by atoms with Crippen LogP contribution in [0.1, 0.15) is 36.2 Å². The molecule has 3 rings (SSSR count). The molecule has 6 nitrogen and oxygen atoms in total. The van der Waals surface area contributed by atoms with Crippen LogP contribution in [0, 0.1) is 11.3 Å². The number of aromatic nitrogens is 2. The van der Waals surface area contributed by atoms with Crippen molar-refractivity contribution in [2.45, 2.75) is 32.7 Å². The van der Waals surface area contributed by atoms with Crippen LogP contribution in [0.15, 0.2) is 0 Å². The maximum Gasteiger partial charge on any atom is 0.313 e. The van der Waals surface area contributed by atoms with Crippen LogP contribution in [0.25, 0.3) is 0 Å². The van der Waals surface area contributed by atoms with E-state index in [-0.39, 0.29) is 17.3 Å². The molecule has 2 aliphatic rings. The van der Waals surface area contributed by atoms with Gasteiger partial charge in [-0.15, -0.1) is 10.2 Å². The van der Waals surface area contributed by atoms with E-state index in [2.05, 4.69) is 34.3 Å². The van der Waals surface area contributed by atoms with E-state index < -0.39 is 0 Å². The highest BCUT2D eigenvalue weighted by atomic mass is 32.1. The first kappa shape index (κ1) is 15.8. The Labute approximate surface area is 135 Å². The minimum atomic E-state index is -0.375. The SMILES string of the molecule is COC(=O)C1(C(C)C)CCN(Cc2nnc(C3CNC3)s2)C1. The molecule has 2 saturated heterocycles. The van der Waals surface area contributed by atoms with Crippen molar-refractivity contribution in [3.8, 4) is 0 Å². The van der Waals surface area contributed by atoms with Crippen molar-refractivity contribution in [2.24, 2.45) is 11.3 Å². The lowest BCUT2D eigenvalue weighted by atomic mass is 9.76. The molecule has 0 aromatic carbocycles. The highest BCUT2D eigenvalue weighted by Crippen LogP contribution is 2.39. The Hall–Kier alpha value is -1.05. The predicted octanol–water partition coefficient (Wildman–Crippen LogP) is 1.25. The van der Waals surface area contributed by atoms with E-state index >= 15 is 0 Å². The first-order valence-electron chi connectivity index (χ1n) is 7.89. The first-order chi connectivity index (χ1) is 10.5. The molecule has 0 aliphatic carbocycles. The molecule has 3 heterocycles. The Morgan fingerprint density at radius 1 is 1.50 bits per heavy atom. The first-order valence-corrected chi connectivity index (χ1v) is 8.70. The largest absolute Gasteiger partial charge is 0.469 e. The van der Waals surface area contributed by atoms with Gasteiger partial charge in [-0.25, -0.2) is 0 Å². The van der Waals surface area contributed by atoms with Gasteiger partial charge in [0, 0.05) is 25.6 Å². The van der Waals surface area contributed by atoms with Crippen molar-refractivity contribution in [1.82, 2.24) is 20.4 Å². The lowest BCUT2D eigenvalue weighted by Crippen LogP contribution is -2.40. The summed E-state index contributed by atoms with van der Waals surface area (Å²) < 4.78 is 5.06. The van der Waals surface area contributed by atoms with Crippen molar-refractivity contribution in [3.63, 3.8) is 0 Å². The van der Waals surface area contributed by atoms with Crippen LogP contribution < -0.4 is 5.32 Å². The van der Waals surface area contributed by atoms with Crippen molar-refractivity contribution >= 4 is 17.3 Å². The van der Waals surface area contributed by atoms with Gasteiger partial charge in [0.05, 0.1) is 19.1 Å². The van der Waals surface area contributed by atoms with Gasteiger partial charge >= 0.3 is 5.97 Å². The lowest BCUT2D eigenvalue weighted by Gasteiger charge is -2.30. The Balaban J connectivity index is 1.64. The molecular weight excluding hydrogens is 300 g/mol. The van der Waals surface area contributed by atoms with Crippen LogP contribution in [0.3, 0.4) is 0 Å². The number of likely N-dealkylation sites (tertiary alicyclic amines) is 1. The van der Waals surface area contributed by atoms with Crippen LogP contribution in [0.4, 0.5) is 0 Å². The molecule has 122 valence electrons. The van der Waals surface area contributed by atoms with Gasteiger partial charge in [-0.05, 0) is 18.9 Å². The lowest BCUT2D eigenvalue weighted by molar-refractivity contribution is -0.154. The Morgan fingerprint density at radius 3 is 2.86 bits per heavy atom. The van der Waals surface area contributed by atoms with E-state index in [9.17, 15) is 4.79 Å². The summed E-state index contributed by atoms with van der Waals surface area (Å²) in [6, 6.07) is 0. The number of esters is 1. The zero-order chi connectivity index (χ0) is 15.7. The van der Waals surface area contributed by atoms with Crippen molar-refractivity contribution < 1.29 is 9.53 Å². The van der Waals surface area contributed by atoms with E-state index in [0.717, 1.165) is 49.2 Å². The summed E-state index contributed by atoms with van der Waals surface area (Å²) >= 11 is 1.71. The number of carbonyl (C=O) groups excluding carboxylic acids is 1. The molecule has 2 fully saturated rings. The van der Waals surface area contributed by atoms with E-state index in [1.54, 1.807) is 11.3 Å². The summed E-state index contributed by atoms with van der Waals surface area (Å²) in [5, 5.41) is 14.1. The molecular formula is C15H24N4O2S. The van der Waals surface area contributed by atoms with E-state index in [0.29, 0.717) is 5.92 Å². The summed E-state index contributed by atoms with van der Waals surface area (Å²) in [5.74, 6) is 0.731. The van der Waals surface area contributed by atoms with Crippen molar-refractivity contribution in [1.29, 1.82) is 0 Å². The average Bonchev–Trinajstić information content (AvgIpc) is 3.05. The zero-order valence-electron chi connectivity index (χ0n) is 13.5. The highest BCUT2D eigenvalue weighted by Gasteiger charge is 2.48. The van der Waals surface area contributed by atoms with E-state index in [1.807, 2.05) is 0 Å². The third-order valence-electron chi connectivity index (χ3n) is 5.05. The van der Waals surface area contributed by atoms with Gasteiger partial charge in [-0.3, -0.25) is 9.69 Å². The monoisotopic (exact) mass is 324 g/mol. The average molecular weight is 324 g/mol. The van der Waals surface area contributed by atoms with Gasteiger partial charge in [-0.1, -0.05) is 25.2 Å². The minimum Gasteiger partial charge on any atom is -0.469 e. The van der Waals surface area contributed by atoms with Gasteiger partial charge in [0.2, 0.25) is 0 Å². The summed E-state index contributed by atoms with van der Waals surface area (Å²) in [4.78, 5) is 14.5. The van der Waals surface area contributed by atoms with E-state index in [1.165, 1.54) is 7.11 Å². The molecule has 0 spiro atoms. The van der Waals surface area contributed by atoms with Gasteiger partial charge in [0.25, 0.3) is 0 Å². The third kappa shape index (κ3) is 2.77. The van der Waals surface area contributed by atoms with Crippen LogP contribution in [0.5, 0.6) is 0 Å². The fourth-order valence-electron chi connectivity index (χ4n) is 3.28. The summed E-state index contributed by atoms with van der Waals surface area (Å²) in [7, 11) is 1.48. The Kier molecular flexibility index (Phi) is 4.47. The third-order valence-corrected chi connectivity index (χ3v) is 6.12. The number of ether oxygens (including phenoxy) is 1. The quantitative estimate of drug-likeness (QED) is 0.822. The maximum atomic E-state index is 12.2. The van der Waals surface area contributed by atoms with Gasteiger partial charge in [-0.2, -0.15) is 0 Å². The fraction of sp³-hybridized carbons (Fsp3) is 0.800. The minimum absolute atomic E-state index is 0.0801. The normalized spacial score (nSPS) is 26.4. The number of methoxy groups -OCH3 is 1. The molecule has 7 heteroatoms. The number of hydrogen-bond acceptors (Lipinski definition) is 7. The Bertz CT molecular complexity index is 543. The summed E-state index contributed by atoms with van der Waals surface area (Å²) in [6.07, 6.45) is 0.857. The zero-order valence-corrected chi connectivity index (χ0v) is 14.3. The fourth-order valence-corrected chi connectivity index (χ4v) is 4.26. The topological polar surface area (TPSA) is 67.3 Å². The Morgan fingerprint density at radius 2 is 2.27 bits per heavy atom. The van der Waals surface area contributed by atoms with Crippen LogP contribution in [-0.4, -0.2) is 54.4 Å². The second kappa shape index (κ2) is 6.22. The maximum absolute atomic E-state index is 12.2. The molecule has 1 aromatic heterocycles. The van der Waals surface area contributed by atoms with Gasteiger partial charge in [0.1, 0.15) is 10.0 Å². The second-order valence-corrected chi connectivity index (χ2v) is 7.75. The van der Waals surface area contributed by atoms with Crippen molar-refractivity contribution in [3.05, 3.63) is 10.0 Å². The molecule has 22 heavy (non-hydrogen) atoms.